The lowest BCUT2D eigenvalue weighted by Crippen LogP contribution is -2.48. The molecule has 8 heteroatoms. The number of nitrogens with zero attached hydrogens (tertiary/aromatic N) is 4. The minimum atomic E-state index is -0.0436. The summed E-state index contributed by atoms with van der Waals surface area (Å²) in [6.07, 6.45) is 2.32. The highest BCUT2D eigenvalue weighted by Gasteiger charge is 2.29. The van der Waals surface area contributed by atoms with E-state index in [9.17, 15) is 4.79 Å². The molecule has 0 spiro atoms. The van der Waals surface area contributed by atoms with Crippen molar-refractivity contribution in [1.82, 2.24) is 19.9 Å². The standard InChI is InChI=1S/C17H18Cl2N4O2/c18-13-7-12(8-14(19)9-13)17(24)23-5-3-22(4-6-23)10-15-20-16(21-25-15)11-1-2-11/h7-9,11H,1-6,10H2. The topological polar surface area (TPSA) is 62.5 Å². The van der Waals surface area contributed by atoms with Gasteiger partial charge in [-0.2, -0.15) is 4.98 Å². The molecule has 1 aliphatic heterocycles. The van der Waals surface area contributed by atoms with E-state index in [1.165, 1.54) is 0 Å². The minimum Gasteiger partial charge on any atom is -0.338 e. The summed E-state index contributed by atoms with van der Waals surface area (Å²) in [5.41, 5.74) is 0.525. The quantitative estimate of drug-likeness (QED) is 0.814. The van der Waals surface area contributed by atoms with E-state index >= 15 is 0 Å². The molecule has 25 heavy (non-hydrogen) atoms. The van der Waals surface area contributed by atoms with E-state index in [2.05, 4.69) is 15.0 Å². The molecule has 2 aliphatic rings. The van der Waals surface area contributed by atoms with E-state index in [1.807, 2.05) is 4.90 Å². The number of benzene rings is 1. The third kappa shape index (κ3) is 3.97. The molecule has 0 atom stereocenters. The van der Waals surface area contributed by atoms with Crippen LogP contribution in [0.1, 0.15) is 40.8 Å². The zero-order valence-corrected chi connectivity index (χ0v) is 15.1. The van der Waals surface area contributed by atoms with Gasteiger partial charge < -0.3 is 9.42 Å². The number of hydrogen-bond donors (Lipinski definition) is 0. The van der Waals surface area contributed by atoms with Crippen molar-refractivity contribution in [3.05, 3.63) is 45.5 Å². The highest BCUT2D eigenvalue weighted by molar-refractivity contribution is 6.35. The van der Waals surface area contributed by atoms with Crippen LogP contribution in [0.2, 0.25) is 10.0 Å². The van der Waals surface area contributed by atoms with Crippen molar-refractivity contribution < 1.29 is 9.32 Å². The molecule has 132 valence electrons. The second-order valence-corrected chi connectivity index (χ2v) is 7.42. The summed E-state index contributed by atoms with van der Waals surface area (Å²) in [6.45, 7) is 3.45. The molecule has 1 amide bonds. The minimum absolute atomic E-state index is 0.0436. The van der Waals surface area contributed by atoms with Crippen LogP contribution in [0, 0.1) is 0 Å². The third-order valence-corrected chi connectivity index (χ3v) is 4.99. The van der Waals surface area contributed by atoms with E-state index in [1.54, 1.807) is 18.2 Å². The molecule has 1 aromatic heterocycles. The zero-order valence-electron chi connectivity index (χ0n) is 13.6. The lowest BCUT2D eigenvalue weighted by atomic mass is 10.2. The average molecular weight is 381 g/mol. The maximum Gasteiger partial charge on any atom is 0.254 e. The second-order valence-electron chi connectivity index (χ2n) is 6.55. The largest absolute Gasteiger partial charge is 0.338 e. The van der Waals surface area contributed by atoms with Gasteiger partial charge in [0.05, 0.1) is 6.54 Å². The van der Waals surface area contributed by atoms with Gasteiger partial charge in [0.25, 0.3) is 5.91 Å². The summed E-state index contributed by atoms with van der Waals surface area (Å²) in [4.78, 5) is 21.1. The molecule has 0 bridgehead atoms. The normalized spacial score (nSPS) is 18.6. The molecule has 0 radical (unpaired) electrons. The lowest BCUT2D eigenvalue weighted by molar-refractivity contribution is 0.0615. The van der Waals surface area contributed by atoms with Gasteiger partial charge in [0.2, 0.25) is 5.89 Å². The van der Waals surface area contributed by atoms with Crippen LogP contribution < -0.4 is 0 Å². The van der Waals surface area contributed by atoms with Gasteiger partial charge in [-0.1, -0.05) is 28.4 Å². The van der Waals surface area contributed by atoms with Crippen molar-refractivity contribution >= 4 is 29.1 Å². The third-order valence-electron chi connectivity index (χ3n) is 4.55. The number of amides is 1. The zero-order chi connectivity index (χ0) is 17.4. The first-order valence-electron chi connectivity index (χ1n) is 8.39. The van der Waals surface area contributed by atoms with Gasteiger partial charge >= 0.3 is 0 Å². The molecule has 1 saturated carbocycles. The summed E-state index contributed by atoms with van der Waals surface area (Å²) in [5, 5.41) is 4.98. The number of rotatable bonds is 4. The lowest BCUT2D eigenvalue weighted by Gasteiger charge is -2.34. The Balaban J connectivity index is 1.33. The highest BCUT2D eigenvalue weighted by atomic mass is 35.5. The van der Waals surface area contributed by atoms with Crippen molar-refractivity contribution in [1.29, 1.82) is 0 Å². The van der Waals surface area contributed by atoms with E-state index in [0.717, 1.165) is 31.8 Å². The fourth-order valence-corrected chi connectivity index (χ4v) is 3.53. The molecule has 1 saturated heterocycles. The number of carbonyl (C=O) groups is 1. The first kappa shape index (κ1) is 16.8. The monoisotopic (exact) mass is 380 g/mol. The predicted molar refractivity (Wildman–Crippen MR) is 93.9 cm³/mol. The molecule has 0 N–H and O–H groups in total. The van der Waals surface area contributed by atoms with Gasteiger partial charge in [-0.15, -0.1) is 0 Å². The van der Waals surface area contributed by atoms with Crippen molar-refractivity contribution in [2.24, 2.45) is 0 Å². The summed E-state index contributed by atoms with van der Waals surface area (Å²) < 4.78 is 5.33. The summed E-state index contributed by atoms with van der Waals surface area (Å²) in [6, 6.07) is 4.93. The fraction of sp³-hybridized carbons (Fsp3) is 0.471. The van der Waals surface area contributed by atoms with Gasteiger partial charge in [-0.3, -0.25) is 9.69 Å². The van der Waals surface area contributed by atoms with Crippen LogP contribution in [0.5, 0.6) is 0 Å². The molecule has 6 nitrogen and oxygen atoms in total. The van der Waals surface area contributed by atoms with Crippen LogP contribution in [-0.2, 0) is 6.54 Å². The number of hydrogen-bond acceptors (Lipinski definition) is 5. The molecule has 2 heterocycles. The molecule has 1 aliphatic carbocycles. The molecule has 2 aromatic rings. The Morgan fingerprint density at radius 1 is 1.12 bits per heavy atom. The molecule has 1 aromatic carbocycles. The Labute approximate surface area is 155 Å². The van der Waals surface area contributed by atoms with Crippen LogP contribution in [0.3, 0.4) is 0 Å². The molecular formula is C17H18Cl2N4O2. The first-order valence-corrected chi connectivity index (χ1v) is 9.14. The number of carbonyl (C=O) groups excluding carboxylic acids is 1. The Morgan fingerprint density at radius 3 is 2.44 bits per heavy atom. The maximum absolute atomic E-state index is 12.6. The van der Waals surface area contributed by atoms with Crippen LogP contribution in [-0.4, -0.2) is 52.0 Å². The summed E-state index contributed by atoms with van der Waals surface area (Å²) in [7, 11) is 0. The molecule has 2 fully saturated rings. The smallest absolute Gasteiger partial charge is 0.254 e. The summed E-state index contributed by atoms with van der Waals surface area (Å²) >= 11 is 12.0. The predicted octanol–water partition coefficient (Wildman–Crippen LogP) is 3.21. The molecular weight excluding hydrogens is 363 g/mol. The van der Waals surface area contributed by atoms with Crippen molar-refractivity contribution in [2.75, 3.05) is 26.2 Å². The van der Waals surface area contributed by atoms with Crippen LogP contribution in [0.4, 0.5) is 0 Å². The Bertz CT molecular complexity index is 762. The van der Waals surface area contributed by atoms with Gasteiger partial charge in [0.15, 0.2) is 5.82 Å². The van der Waals surface area contributed by atoms with E-state index in [0.29, 0.717) is 47.1 Å². The van der Waals surface area contributed by atoms with Crippen molar-refractivity contribution in [2.45, 2.75) is 25.3 Å². The van der Waals surface area contributed by atoms with Gasteiger partial charge in [0, 0.05) is 47.7 Å². The van der Waals surface area contributed by atoms with Crippen molar-refractivity contribution in [3.63, 3.8) is 0 Å². The fourth-order valence-electron chi connectivity index (χ4n) is 3.00. The van der Waals surface area contributed by atoms with Crippen LogP contribution >= 0.6 is 23.2 Å². The van der Waals surface area contributed by atoms with E-state index < -0.39 is 0 Å². The Morgan fingerprint density at radius 2 is 1.80 bits per heavy atom. The van der Waals surface area contributed by atoms with E-state index in [-0.39, 0.29) is 5.91 Å². The SMILES string of the molecule is O=C(c1cc(Cl)cc(Cl)c1)N1CCN(Cc2nc(C3CC3)no2)CC1. The van der Waals surface area contributed by atoms with Crippen LogP contribution in [0.25, 0.3) is 0 Å². The highest BCUT2D eigenvalue weighted by Crippen LogP contribution is 2.38. The molecule has 0 unspecified atom stereocenters. The molecule has 4 rings (SSSR count). The number of piperazine rings is 1. The van der Waals surface area contributed by atoms with Crippen LogP contribution in [0.15, 0.2) is 22.7 Å². The summed E-state index contributed by atoms with van der Waals surface area (Å²) in [5.74, 6) is 1.94. The Hall–Kier alpha value is -1.63. The average Bonchev–Trinajstić information content (AvgIpc) is 3.34. The van der Waals surface area contributed by atoms with E-state index in [4.69, 9.17) is 27.7 Å². The Kier molecular flexibility index (Phi) is 4.67. The second kappa shape index (κ2) is 6.94. The first-order chi connectivity index (χ1) is 12.1. The van der Waals surface area contributed by atoms with Gasteiger partial charge in [-0.05, 0) is 31.0 Å². The van der Waals surface area contributed by atoms with Crippen molar-refractivity contribution in [3.8, 4) is 0 Å². The number of aromatic nitrogens is 2. The van der Waals surface area contributed by atoms with Gasteiger partial charge in [0.1, 0.15) is 0 Å². The maximum atomic E-state index is 12.6. The van der Waals surface area contributed by atoms with Gasteiger partial charge in [-0.25, -0.2) is 0 Å². The number of halogens is 2.